The zero-order chi connectivity index (χ0) is 22.3. The molecular formula is C23H23FN4O3. The molecule has 0 atom stereocenters. The van der Waals surface area contributed by atoms with Crippen molar-refractivity contribution in [3.05, 3.63) is 65.2 Å². The number of aromatic nitrogens is 2. The topological polar surface area (TPSA) is 78.8 Å². The molecule has 0 aliphatic carbocycles. The predicted octanol–water partition coefficient (Wildman–Crippen LogP) is 4.52. The Hall–Kier alpha value is -3.68. The van der Waals surface area contributed by atoms with Crippen molar-refractivity contribution in [2.24, 2.45) is 0 Å². The first-order valence-electron chi connectivity index (χ1n) is 9.90. The number of pyridine rings is 2. The molecule has 0 saturated carbocycles. The number of rotatable bonds is 4. The lowest BCUT2D eigenvalue weighted by Gasteiger charge is -2.39. The predicted molar refractivity (Wildman–Crippen MR) is 116 cm³/mol. The molecule has 0 spiro atoms. The van der Waals surface area contributed by atoms with Gasteiger partial charge in [-0.2, -0.15) is 0 Å². The van der Waals surface area contributed by atoms with Crippen molar-refractivity contribution in [3.8, 4) is 11.8 Å². The Morgan fingerprint density at radius 1 is 1.03 bits per heavy atom. The van der Waals surface area contributed by atoms with Gasteiger partial charge in [0.15, 0.2) is 5.69 Å². The van der Waals surface area contributed by atoms with E-state index in [4.69, 9.17) is 4.74 Å². The number of ether oxygens (including phenoxy) is 1. The molecule has 0 fully saturated rings. The summed E-state index contributed by atoms with van der Waals surface area (Å²) in [6.07, 6.45) is 0. The van der Waals surface area contributed by atoms with Crippen molar-refractivity contribution >= 4 is 23.0 Å². The number of amides is 1. The second-order valence-electron chi connectivity index (χ2n) is 7.66. The van der Waals surface area contributed by atoms with Gasteiger partial charge in [-0.3, -0.25) is 9.69 Å². The lowest BCUT2D eigenvalue weighted by atomic mass is 9.99. The highest BCUT2D eigenvalue weighted by atomic mass is 19.1. The van der Waals surface area contributed by atoms with Crippen LogP contribution in [-0.2, 0) is 0 Å². The van der Waals surface area contributed by atoms with E-state index < -0.39 is 0 Å². The van der Waals surface area contributed by atoms with E-state index in [9.17, 15) is 14.3 Å². The van der Waals surface area contributed by atoms with Gasteiger partial charge in [0.2, 0.25) is 11.8 Å². The first-order chi connectivity index (χ1) is 14.8. The minimum Gasteiger partial charge on any atom is -0.493 e. The highest BCUT2D eigenvalue weighted by molar-refractivity contribution is 6.11. The summed E-state index contributed by atoms with van der Waals surface area (Å²) in [4.78, 5) is 25.3. The standard InChI is InChI=1S/C23H23FN4O3/c1-13(2)16-11-15(24)5-6-18(16)27-12-28(17-8-10-21(31-4)25-14(17)3)23(30)22-19(27)7-9-20(29)26-22/h5-11,13H,12H2,1-4H3,(H,26,29). The van der Waals surface area contributed by atoms with Crippen LogP contribution in [0.4, 0.5) is 21.5 Å². The van der Waals surface area contributed by atoms with Gasteiger partial charge >= 0.3 is 0 Å². The third-order valence-electron chi connectivity index (χ3n) is 5.32. The molecule has 160 valence electrons. The van der Waals surface area contributed by atoms with Crippen LogP contribution in [0.15, 0.2) is 42.5 Å². The van der Waals surface area contributed by atoms with Crippen LogP contribution in [0.2, 0.25) is 0 Å². The molecule has 1 aromatic carbocycles. The first kappa shape index (κ1) is 20.6. The lowest BCUT2D eigenvalue weighted by Crippen LogP contribution is -2.46. The molecular weight excluding hydrogens is 399 g/mol. The van der Waals surface area contributed by atoms with E-state index in [2.05, 4.69) is 9.97 Å². The Balaban J connectivity index is 1.89. The van der Waals surface area contributed by atoms with Gasteiger partial charge in [0.25, 0.3) is 5.91 Å². The van der Waals surface area contributed by atoms with Crippen LogP contribution < -0.4 is 14.5 Å². The summed E-state index contributed by atoms with van der Waals surface area (Å²) in [5.41, 5.74) is 3.44. The number of fused-ring (bicyclic) bond motifs is 1. The third kappa shape index (κ3) is 3.65. The van der Waals surface area contributed by atoms with Gasteiger partial charge in [0.05, 0.1) is 24.2 Å². The SMILES string of the molecule is COc1ccc(N2CN(c3ccc(F)cc3C(C)C)c3ccc(O)nc3C2=O)c(C)n1. The van der Waals surface area contributed by atoms with Crippen molar-refractivity contribution in [1.82, 2.24) is 9.97 Å². The van der Waals surface area contributed by atoms with Crippen molar-refractivity contribution in [2.45, 2.75) is 26.7 Å². The summed E-state index contributed by atoms with van der Waals surface area (Å²) in [5.74, 6) is -0.433. The fourth-order valence-corrected chi connectivity index (χ4v) is 3.78. The molecule has 7 nitrogen and oxygen atoms in total. The highest BCUT2D eigenvalue weighted by Crippen LogP contribution is 2.39. The summed E-state index contributed by atoms with van der Waals surface area (Å²) in [7, 11) is 1.53. The lowest BCUT2D eigenvalue weighted by molar-refractivity contribution is 0.0977. The van der Waals surface area contributed by atoms with E-state index in [-0.39, 0.29) is 35.9 Å². The van der Waals surface area contributed by atoms with Crippen molar-refractivity contribution < 1.29 is 19.0 Å². The molecule has 2 aromatic heterocycles. The minimum absolute atomic E-state index is 0.0506. The van der Waals surface area contributed by atoms with Crippen molar-refractivity contribution in [1.29, 1.82) is 0 Å². The number of hydrogen-bond donors (Lipinski definition) is 1. The monoisotopic (exact) mass is 422 g/mol. The maximum absolute atomic E-state index is 14.0. The van der Waals surface area contributed by atoms with E-state index in [0.717, 1.165) is 11.3 Å². The normalized spacial score (nSPS) is 13.5. The largest absolute Gasteiger partial charge is 0.493 e. The van der Waals surface area contributed by atoms with Crippen LogP contribution in [0.5, 0.6) is 11.8 Å². The number of hydrogen-bond acceptors (Lipinski definition) is 6. The van der Waals surface area contributed by atoms with Crippen LogP contribution >= 0.6 is 0 Å². The molecule has 0 bridgehead atoms. The molecule has 1 aliphatic rings. The van der Waals surface area contributed by atoms with Gasteiger partial charge in [0.1, 0.15) is 12.5 Å². The van der Waals surface area contributed by atoms with E-state index in [1.807, 2.05) is 18.7 Å². The van der Waals surface area contributed by atoms with E-state index >= 15 is 0 Å². The fourth-order valence-electron chi connectivity index (χ4n) is 3.78. The van der Waals surface area contributed by atoms with Crippen LogP contribution in [-0.4, -0.2) is 34.8 Å². The van der Waals surface area contributed by atoms with Crippen LogP contribution in [0.1, 0.15) is 41.5 Å². The van der Waals surface area contributed by atoms with Gasteiger partial charge in [0, 0.05) is 17.8 Å². The molecule has 1 aliphatic heterocycles. The average Bonchev–Trinajstić information content (AvgIpc) is 2.74. The minimum atomic E-state index is -0.356. The second kappa shape index (κ2) is 7.86. The number of aromatic hydroxyl groups is 1. The van der Waals surface area contributed by atoms with E-state index in [1.165, 1.54) is 25.3 Å². The van der Waals surface area contributed by atoms with Crippen LogP contribution in [0.3, 0.4) is 0 Å². The Bertz CT molecular complexity index is 1170. The number of benzene rings is 1. The molecule has 1 N–H and O–H groups in total. The van der Waals surface area contributed by atoms with Gasteiger partial charge in [-0.05, 0) is 48.7 Å². The molecule has 1 amide bonds. The van der Waals surface area contributed by atoms with Gasteiger partial charge in [-0.15, -0.1) is 0 Å². The molecule has 3 heterocycles. The third-order valence-corrected chi connectivity index (χ3v) is 5.32. The molecule has 8 heteroatoms. The van der Waals surface area contributed by atoms with Gasteiger partial charge < -0.3 is 14.7 Å². The Labute approximate surface area is 179 Å². The summed E-state index contributed by atoms with van der Waals surface area (Å²) < 4.78 is 19.2. The first-order valence-corrected chi connectivity index (χ1v) is 9.90. The smallest absolute Gasteiger partial charge is 0.280 e. The zero-order valence-corrected chi connectivity index (χ0v) is 17.8. The fraction of sp³-hybridized carbons (Fsp3) is 0.261. The zero-order valence-electron chi connectivity index (χ0n) is 17.8. The molecule has 0 radical (unpaired) electrons. The Kier molecular flexibility index (Phi) is 5.22. The quantitative estimate of drug-likeness (QED) is 0.666. The number of nitrogens with zero attached hydrogens (tertiary/aromatic N) is 4. The second-order valence-corrected chi connectivity index (χ2v) is 7.66. The van der Waals surface area contributed by atoms with Gasteiger partial charge in [-0.1, -0.05) is 13.8 Å². The summed E-state index contributed by atoms with van der Waals surface area (Å²) >= 11 is 0. The van der Waals surface area contributed by atoms with Crippen LogP contribution in [0, 0.1) is 12.7 Å². The molecule has 4 rings (SSSR count). The van der Waals surface area contributed by atoms with Crippen molar-refractivity contribution in [3.63, 3.8) is 0 Å². The van der Waals surface area contributed by atoms with E-state index in [0.29, 0.717) is 22.9 Å². The Morgan fingerprint density at radius 2 is 1.74 bits per heavy atom. The number of halogens is 1. The molecule has 3 aromatic rings. The van der Waals surface area contributed by atoms with Crippen molar-refractivity contribution in [2.75, 3.05) is 23.6 Å². The van der Waals surface area contributed by atoms with E-state index in [1.54, 1.807) is 36.1 Å². The summed E-state index contributed by atoms with van der Waals surface area (Å²) in [5, 5.41) is 9.94. The molecule has 0 saturated heterocycles. The Morgan fingerprint density at radius 3 is 2.42 bits per heavy atom. The molecule has 31 heavy (non-hydrogen) atoms. The maximum atomic E-state index is 14.0. The number of carbonyl (C=O) groups excluding carboxylic acids is 1. The number of aryl methyl sites for hydroxylation is 1. The summed E-state index contributed by atoms with van der Waals surface area (Å²) in [6, 6.07) is 11.1. The molecule has 0 unspecified atom stereocenters. The maximum Gasteiger partial charge on any atom is 0.280 e. The number of carbonyl (C=O) groups is 1. The number of methoxy groups -OCH3 is 1. The highest BCUT2D eigenvalue weighted by Gasteiger charge is 2.34. The average molecular weight is 422 g/mol. The van der Waals surface area contributed by atoms with Crippen LogP contribution in [0.25, 0.3) is 0 Å². The summed E-state index contributed by atoms with van der Waals surface area (Å²) in [6.45, 7) is 5.94. The van der Waals surface area contributed by atoms with Gasteiger partial charge in [-0.25, -0.2) is 14.4 Å². The number of anilines is 3.